The number of benzene rings is 1. The molecular weight excluding hydrogens is 429 g/mol. The number of Topliss-reactive ketones (excluding diaryl/α,β-unsaturated/α-hetero) is 1. The lowest BCUT2D eigenvalue weighted by Gasteiger charge is -2.35. The van der Waals surface area contributed by atoms with Crippen LogP contribution in [0.1, 0.15) is 35.3 Å². The summed E-state index contributed by atoms with van der Waals surface area (Å²) in [6.07, 6.45) is 3.07. The summed E-state index contributed by atoms with van der Waals surface area (Å²) in [5, 5.41) is 0. The average molecular weight is 455 g/mol. The quantitative estimate of drug-likeness (QED) is 0.621. The Hall–Kier alpha value is -3.33. The van der Waals surface area contributed by atoms with Crippen molar-refractivity contribution in [2.24, 2.45) is 5.92 Å². The van der Waals surface area contributed by atoms with Crippen LogP contribution in [0.15, 0.2) is 42.7 Å². The van der Waals surface area contributed by atoms with Gasteiger partial charge in [0.15, 0.2) is 5.78 Å². The molecule has 3 heterocycles. The van der Waals surface area contributed by atoms with Gasteiger partial charge in [0.2, 0.25) is 11.8 Å². The first-order chi connectivity index (χ1) is 15.8. The van der Waals surface area contributed by atoms with Crippen LogP contribution < -0.4 is 4.74 Å². The summed E-state index contributed by atoms with van der Waals surface area (Å²) in [6.45, 7) is 2.49. The van der Waals surface area contributed by atoms with Gasteiger partial charge >= 0.3 is 0 Å². The summed E-state index contributed by atoms with van der Waals surface area (Å²) in [4.78, 5) is 45.1. The fourth-order valence-electron chi connectivity index (χ4n) is 4.44. The van der Waals surface area contributed by atoms with Gasteiger partial charge in [0.05, 0.1) is 30.7 Å². The maximum Gasteiger partial charge on any atom is 0.228 e. The fraction of sp³-hybridized carbons (Fsp3) is 0.417. The van der Waals surface area contributed by atoms with Crippen LogP contribution in [0.2, 0.25) is 0 Å². The number of halogens is 1. The van der Waals surface area contributed by atoms with Crippen molar-refractivity contribution in [3.63, 3.8) is 0 Å². The number of hydrogen-bond acceptors (Lipinski definition) is 6. The summed E-state index contributed by atoms with van der Waals surface area (Å²) in [5.41, 5.74) is 0.982. The van der Waals surface area contributed by atoms with E-state index in [9.17, 15) is 18.8 Å². The van der Waals surface area contributed by atoms with E-state index >= 15 is 0 Å². The van der Waals surface area contributed by atoms with Gasteiger partial charge in [0.25, 0.3) is 0 Å². The van der Waals surface area contributed by atoms with Gasteiger partial charge in [-0.25, -0.2) is 4.39 Å². The molecule has 3 atom stereocenters. The Bertz CT molecular complexity index is 1050. The van der Waals surface area contributed by atoms with Crippen LogP contribution in [0.25, 0.3) is 0 Å². The normalized spacial score (nSPS) is 23.0. The van der Waals surface area contributed by atoms with E-state index in [0.29, 0.717) is 19.7 Å². The highest BCUT2D eigenvalue weighted by Crippen LogP contribution is 2.38. The minimum atomic E-state index is -0.516. The summed E-state index contributed by atoms with van der Waals surface area (Å²) >= 11 is 0. The lowest BCUT2D eigenvalue weighted by Crippen LogP contribution is -2.50. The van der Waals surface area contributed by atoms with E-state index in [-0.39, 0.29) is 48.0 Å². The third-order valence-corrected chi connectivity index (χ3v) is 6.13. The first-order valence-corrected chi connectivity index (χ1v) is 10.8. The van der Waals surface area contributed by atoms with Crippen molar-refractivity contribution in [3.05, 3.63) is 59.7 Å². The molecule has 2 aliphatic rings. The van der Waals surface area contributed by atoms with E-state index in [4.69, 9.17) is 9.47 Å². The highest BCUT2D eigenvalue weighted by molar-refractivity contribution is 5.96. The van der Waals surface area contributed by atoms with Crippen LogP contribution in [0.4, 0.5) is 4.39 Å². The summed E-state index contributed by atoms with van der Waals surface area (Å²) in [7, 11) is 1.71. The van der Waals surface area contributed by atoms with Crippen molar-refractivity contribution in [3.8, 4) is 5.75 Å². The van der Waals surface area contributed by atoms with Crippen molar-refractivity contribution >= 4 is 17.6 Å². The molecular formula is C24H26FN3O5. The van der Waals surface area contributed by atoms with Gasteiger partial charge in [-0.3, -0.25) is 19.4 Å². The van der Waals surface area contributed by atoms with E-state index in [0.717, 1.165) is 11.6 Å². The first-order valence-electron chi connectivity index (χ1n) is 10.8. The van der Waals surface area contributed by atoms with Gasteiger partial charge in [0.1, 0.15) is 24.3 Å². The molecule has 0 radical (unpaired) electrons. The van der Waals surface area contributed by atoms with Gasteiger partial charge in [0, 0.05) is 32.4 Å². The predicted octanol–water partition coefficient (Wildman–Crippen LogP) is 2.25. The Morgan fingerprint density at radius 2 is 2.12 bits per heavy atom. The number of rotatable bonds is 6. The monoisotopic (exact) mass is 455 g/mol. The van der Waals surface area contributed by atoms with E-state index in [1.165, 1.54) is 19.1 Å². The second kappa shape index (κ2) is 9.66. The molecule has 0 bridgehead atoms. The molecule has 1 aromatic carbocycles. The maximum absolute atomic E-state index is 13.5. The van der Waals surface area contributed by atoms with Crippen molar-refractivity contribution < 1.29 is 28.2 Å². The smallest absolute Gasteiger partial charge is 0.228 e. The molecule has 0 saturated carbocycles. The van der Waals surface area contributed by atoms with Crippen molar-refractivity contribution in [2.45, 2.75) is 25.5 Å². The molecule has 0 spiro atoms. The Labute approximate surface area is 191 Å². The zero-order valence-corrected chi connectivity index (χ0v) is 18.6. The molecule has 2 amide bonds. The summed E-state index contributed by atoms with van der Waals surface area (Å²) in [6, 6.07) is 7.08. The van der Waals surface area contributed by atoms with Crippen LogP contribution in [0.5, 0.6) is 5.75 Å². The maximum atomic E-state index is 13.5. The number of amides is 2. The number of morpholine rings is 1. The second-order valence-electron chi connectivity index (χ2n) is 8.33. The molecule has 0 aliphatic carbocycles. The molecule has 0 N–H and O–H groups in total. The molecule has 9 heteroatoms. The average Bonchev–Trinajstić information content (AvgIpc) is 3.12. The Morgan fingerprint density at radius 1 is 1.30 bits per heavy atom. The Balaban J connectivity index is 1.43. The minimum absolute atomic E-state index is 0.0802. The van der Waals surface area contributed by atoms with Gasteiger partial charge < -0.3 is 19.3 Å². The SMILES string of the molecule is CC(=O)c1cc(F)ccc1OCC1CN(C(=O)[C@@H]2CC(=O)N(C)[C@H]2c2cccnc2)CCO1. The summed E-state index contributed by atoms with van der Waals surface area (Å²) in [5.74, 6) is -1.24. The molecule has 1 aromatic heterocycles. The molecule has 2 saturated heterocycles. The van der Waals surface area contributed by atoms with Crippen LogP contribution in [0, 0.1) is 11.7 Å². The number of carbonyl (C=O) groups is 3. The van der Waals surface area contributed by atoms with Crippen molar-refractivity contribution in [2.75, 3.05) is 33.4 Å². The predicted molar refractivity (Wildman–Crippen MR) is 116 cm³/mol. The fourth-order valence-corrected chi connectivity index (χ4v) is 4.44. The Morgan fingerprint density at radius 3 is 2.85 bits per heavy atom. The molecule has 33 heavy (non-hydrogen) atoms. The largest absolute Gasteiger partial charge is 0.490 e. The standard InChI is InChI=1S/C24H26FN3O5/c1-15(29)19-10-17(25)5-6-21(19)33-14-18-13-28(8-9-32-18)24(31)20-11-22(30)27(2)23(20)16-4-3-7-26-12-16/h3-7,10,12,18,20,23H,8-9,11,13-14H2,1-2H3/t18?,20-,23+/m1/s1. The molecule has 2 aliphatic heterocycles. The molecule has 4 rings (SSSR count). The molecule has 8 nitrogen and oxygen atoms in total. The van der Waals surface area contributed by atoms with E-state index < -0.39 is 17.8 Å². The number of aromatic nitrogens is 1. The van der Waals surface area contributed by atoms with Gasteiger partial charge in [-0.15, -0.1) is 0 Å². The number of pyridine rings is 1. The van der Waals surface area contributed by atoms with Gasteiger partial charge in [-0.1, -0.05) is 6.07 Å². The number of nitrogens with zero attached hydrogens (tertiary/aromatic N) is 3. The summed E-state index contributed by atoms with van der Waals surface area (Å²) < 4.78 is 25.0. The highest BCUT2D eigenvalue weighted by Gasteiger charge is 2.45. The topological polar surface area (TPSA) is 89.0 Å². The zero-order valence-electron chi connectivity index (χ0n) is 18.6. The van der Waals surface area contributed by atoms with Crippen molar-refractivity contribution in [1.29, 1.82) is 0 Å². The Kier molecular flexibility index (Phi) is 6.69. The van der Waals surface area contributed by atoms with E-state index in [2.05, 4.69) is 4.98 Å². The zero-order chi connectivity index (χ0) is 23.5. The van der Waals surface area contributed by atoms with Gasteiger partial charge in [-0.2, -0.15) is 0 Å². The highest BCUT2D eigenvalue weighted by atomic mass is 19.1. The number of ketones is 1. The van der Waals surface area contributed by atoms with E-state index in [1.807, 2.05) is 6.07 Å². The third kappa shape index (κ3) is 4.88. The number of likely N-dealkylation sites (tertiary alicyclic amines) is 1. The first kappa shape index (κ1) is 22.8. The van der Waals surface area contributed by atoms with Crippen LogP contribution in [-0.4, -0.2) is 71.8 Å². The second-order valence-corrected chi connectivity index (χ2v) is 8.33. The molecule has 2 aromatic rings. The molecule has 174 valence electrons. The lowest BCUT2D eigenvalue weighted by molar-refractivity contribution is -0.145. The number of ether oxygens (including phenoxy) is 2. The number of carbonyl (C=O) groups excluding carboxylic acids is 3. The lowest BCUT2D eigenvalue weighted by atomic mass is 9.93. The van der Waals surface area contributed by atoms with E-state index in [1.54, 1.807) is 35.3 Å². The number of hydrogen-bond donors (Lipinski definition) is 0. The van der Waals surface area contributed by atoms with Crippen molar-refractivity contribution in [1.82, 2.24) is 14.8 Å². The molecule has 1 unspecified atom stereocenters. The third-order valence-electron chi connectivity index (χ3n) is 6.13. The van der Waals surface area contributed by atoms with Crippen LogP contribution >= 0.6 is 0 Å². The minimum Gasteiger partial charge on any atom is -0.490 e. The van der Waals surface area contributed by atoms with Crippen LogP contribution in [-0.2, 0) is 14.3 Å². The molecule has 2 fully saturated rings. The van der Waals surface area contributed by atoms with Crippen LogP contribution in [0.3, 0.4) is 0 Å². The van der Waals surface area contributed by atoms with Gasteiger partial charge in [-0.05, 0) is 36.8 Å².